The van der Waals surface area contributed by atoms with Crippen molar-refractivity contribution in [1.82, 2.24) is 4.90 Å². The first-order valence-corrected chi connectivity index (χ1v) is 7.02. The molecule has 0 aliphatic rings. The Kier molecular flexibility index (Phi) is 4.61. The Morgan fingerprint density at radius 1 is 1.06 bits per heavy atom. The largest absolute Gasteiger partial charge is 0.385 e. The molecule has 2 rings (SSSR count). The Labute approximate surface area is 117 Å². The van der Waals surface area contributed by atoms with E-state index in [0.29, 0.717) is 0 Å². The molecule has 0 aromatic heterocycles. The van der Waals surface area contributed by atoms with Crippen molar-refractivity contribution in [3.8, 4) is 0 Å². The summed E-state index contributed by atoms with van der Waals surface area (Å²) in [6.45, 7) is 2.13. The molecule has 0 atom stereocenters. The SMILES string of the molecule is CN(C)CCCNc1ccc2cc(Br)ccc2c1. The lowest BCUT2D eigenvalue weighted by molar-refractivity contribution is 0.405. The highest BCUT2D eigenvalue weighted by molar-refractivity contribution is 9.10. The molecule has 2 nitrogen and oxygen atoms in total. The zero-order valence-corrected chi connectivity index (χ0v) is 12.5. The molecule has 3 heteroatoms. The second kappa shape index (κ2) is 6.21. The van der Waals surface area contributed by atoms with E-state index in [-0.39, 0.29) is 0 Å². The minimum Gasteiger partial charge on any atom is -0.385 e. The number of halogens is 1. The molecule has 0 fully saturated rings. The molecule has 2 aromatic rings. The van der Waals surface area contributed by atoms with Crippen LogP contribution in [0.1, 0.15) is 6.42 Å². The van der Waals surface area contributed by atoms with E-state index in [2.05, 4.69) is 76.6 Å². The highest BCUT2D eigenvalue weighted by Gasteiger charge is 1.97. The number of nitrogens with zero attached hydrogens (tertiary/aromatic N) is 1. The molecule has 18 heavy (non-hydrogen) atoms. The number of fused-ring (bicyclic) bond motifs is 1. The second-order valence-corrected chi connectivity index (χ2v) is 5.71. The molecule has 0 aliphatic carbocycles. The van der Waals surface area contributed by atoms with Crippen LogP contribution in [0.15, 0.2) is 40.9 Å². The Morgan fingerprint density at radius 2 is 1.78 bits per heavy atom. The first-order valence-electron chi connectivity index (χ1n) is 6.23. The number of anilines is 1. The van der Waals surface area contributed by atoms with Gasteiger partial charge in [-0.2, -0.15) is 0 Å². The van der Waals surface area contributed by atoms with Gasteiger partial charge in [0.25, 0.3) is 0 Å². The third-order valence-electron chi connectivity index (χ3n) is 2.91. The van der Waals surface area contributed by atoms with Crippen molar-refractivity contribution in [1.29, 1.82) is 0 Å². The highest BCUT2D eigenvalue weighted by atomic mass is 79.9. The van der Waals surface area contributed by atoms with Crippen molar-refractivity contribution in [3.63, 3.8) is 0 Å². The van der Waals surface area contributed by atoms with Crippen molar-refractivity contribution in [2.24, 2.45) is 0 Å². The quantitative estimate of drug-likeness (QED) is 0.841. The van der Waals surface area contributed by atoms with Crippen LogP contribution in [0.25, 0.3) is 10.8 Å². The summed E-state index contributed by atoms with van der Waals surface area (Å²) in [7, 11) is 4.21. The normalized spacial score (nSPS) is 11.1. The molecule has 0 amide bonds. The van der Waals surface area contributed by atoms with Gasteiger partial charge in [-0.25, -0.2) is 0 Å². The summed E-state index contributed by atoms with van der Waals surface area (Å²) in [4.78, 5) is 2.21. The first-order chi connectivity index (χ1) is 8.65. The molecular weight excluding hydrogens is 288 g/mol. The van der Waals surface area contributed by atoms with Crippen molar-refractivity contribution in [2.45, 2.75) is 6.42 Å². The summed E-state index contributed by atoms with van der Waals surface area (Å²) in [6.07, 6.45) is 1.16. The van der Waals surface area contributed by atoms with Crippen LogP contribution in [0.4, 0.5) is 5.69 Å². The van der Waals surface area contributed by atoms with Crippen molar-refractivity contribution >= 4 is 32.4 Å². The van der Waals surface area contributed by atoms with Crippen LogP contribution in [-0.2, 0) is 0 Å². The second-order valence-electron chi connectivity index (χ2n) is 4.79. The molecule has 96 valence electrons. The van der Waals surface area contributed by atoms with Gasteiger partial charge in [-0.3, -0.25) is 0 Å². The Morgan fingerprint density at radius 3 is 2.56 bits per heavy atom. The van der Waals surface area contributed by atoms with E-state index in [9.17, 15) is 0 Å². The van der Waals surface area contributed by atoms with E-state index in [1.807, 2.05) is 0 Å². The summed E-state index contributed by atoms with van der Waals surface area (Å²) in [5, 5.41) is 6.01. The van der Waals surface area contributed by atoms with Crippen LogP contribution >= 0.6 is 15.9 Å². The summed E-state index contributed by atoms with van der Waals surface area (Å²) in [6, 6.07) is 12.9. The molecular formula is C15H19BrN2. The van der Waals surface area contributed by atoms with Crippen molar-refractivity contribution in [2.75, 3.05) is 32.5 Å². The lowest BCUT2D eigenvalue weighted by Gasteiger charge is -2.11. The predicted octanol–water partition coefficient (Wildman–Crippen LogP) is 3.97. The lowest BCUT2D eigenvalue weighted by atomic mass is 10.1. The molecule has 0 saturated carbocycles. The van der Waals surface area contributed by atoms with E-state index in [4.69, 9.17) is 0 Å². The Hall–Kier alpha value is -1.06. The highest BCUT2D eigenvalue weighted by Crippen LogP contribution is 2.22. The van der Waals surface area contributed by atoms with Gasteiger partial charge in [0.05, 0.1) is 0 Å². The molecule has 0 heterocycles. The van der Waals surface area contributed by atoms with Crippen molar-refractivity contribution < 1.29 is 0 Å². The van der Waals surface area contributed by atoms with Crippen LogP contribution in [0.3, 0.4) is 0 Å². The van der Waals surface area contributed by atoms with Crippen LogP contribution in [0, 0.1) is 0 Å². The van der Waals surface area contributed by atoms with Gasteiger partial charge < -0.3 is 10.2 Å². The number of rotatable bonds is 5. The minimum atomic E-state index is 1.01. The van der Waals surface area contributed by atoms with Crippen LogP contribution in [-0.4, -0.2) is 32.1 Å². The maximum absolute atomic E-state index is 3.50. The van der Waals surface area contributed by atoms with Gasteiger partial charge in [-0.15, -0.1) is 0 Å². The molecule has 0 bridgehead atoms. The van der Waals surface area contributed by atoms with E-state index in [1.54, 1.807) is 0 Å². The van der Waals surface area contributed by atoms with Gasteiger partial charge in [0, 0.05) is 16.7 Å². The molecule has 1 N–H and O–H groups in total. The van der Waals surface area contributed by atoms with Gasteiger partial charge in [0.2, 0.25) is 0 Å². The van der Waals surface area contributed by atoms with Gasteiger partial charge in [0.15, 0.2) is 0 Å². The van der Waals surface area contributed by atoms with Gasteiger partial charge in [-0.05, 0) is 62.1 Å². The number of benzene rings is 2. The zero-order chi connectivity index (χ0) is 13.0. The van der Waals surface area contributed by atoms with E-state index in [1.165, 1.54) is 16.5 Å². The number of hydrogen-bond donors (Lipinski definition) is 1. The Balaban J connectivity index is 1.99. The number of hydrogen-bond acceptors (Lipinski definition) is 2. The monoisotopic (exact) mass is 306 g/mol. The molecule has 2 aromatic carbocycles. The van der Waals surface area contributed by atoms with Crippen LogP contribution < -0.4 is 5.32 Å². The topological polar surface area (TPSA) is 15.3 Å². The predicted molar refractivity (Wildman–Crippen MR) is 83.3 cm³/mol. The average Bonchev–Trinajstić information content (AvgIpc) is 2.34. The maximum atomic E-state index is 3.50. The van der Waals surface area contributed by atoms with Gasteiger partial charge in [0.1, 0.15) is 0 Å². The molecule has 0 unspecified atom stereocenters. The fraction of sp³-hybridized carbons (Fsp3) is 0.333. The molecule has 0 radical (unpaired) electrons. The van der Waals surface area contributed by atoms with Crippen molar-refractivity contribution in [3.05, 3.63) is 40.9 Å². The summed E-state index contributed by atoms with van der Waals surface area (Å²) in [5.41, 5.74) is 1.20. The van der Waals surface area contributed by atoms with E-state index < -0.39 is 0 Å². The first kappa shape index (κ1) is 13.4. The molecule has 0 aliphatic heterocycles. The van der Waals surface area contributed by atoms with Gasteiger partial charge in [-0.1, -0.05) is 28.1 Å². The average molecular weight is 307 g/mol. The molecule has 0 saturated heterocycles. The summed E-state index contributed by atoms with van der Waals surface area (Å²) >= 11 is 3.50. The third-order valence-corrected chi connectivity index (χ3v) is 3.41. The minimum absolute atomic E-state index is 1.01. The van der Waals surface area contributed by atoms with Gasteiger partial charge >= 0.3 is 0 Å². The number of nitrogens with one attached hydrogen (secondary N) is 1. The van der Waals surface area contributed by atoms with Crippen LogP contribution in [0.2, 0.25) is 0 Å². The zero-order valence-electron chi connectivity index (χ0n) is 10.9. The Bertz CT molecular complexity index is 523. The summed E-state index contributed by atoms with van der Waals surface area (Å²) in [5.74, 6) is 0. The smallest absolute Gasteiger partial charge is 0.0346 e. The molecule has 0 spiro atoms. The fourth-order valence-electron chi connectivity index (χ4n) is 1.95. The standard InChI is InChI=1S/C15H19BrN2/c1-18(2)9-3-8-17-15-7-5-12-10-14(16)6-4-13(12)11-15/h4-7,10-11,17H,3,8-9H2,1-2H3. The fourth-order valence-corrected chi connectivity index (χ4v) is 2.33. The van der Waals surface area contributed by atoms with E-state index in [0.717, 1.165) is 24.0 Å². The lowest BCUT2D eigenvalue weighted by Crippen LogP contribution is -2.16. The van der Waals surface area contributed by atoms with E-state index >= 15 is 0 Å². The van der Waals surface area contributed by atoms with Crippen LogP contribution in [0.5, 0.6) is 0 Å². The maximum Gasteiger partial charge on any atom is 0.0346 e. The third kappa shape index (κ3) is 3.72. The summed E-state index contributed by atoms with van der Waals surface area (Å²) < 4.78 is 1.13.